The van der Waals surface area contributed by atoms with Crippen LogP contribution in [0.5, 0.6) is 0 Å². The molecule has 0 N–H and O–H groups in total. The summed E-state index contributed by atoms with van der Waals surface area (Å²) in [6, 6.07) is 6.52. The minimum atomic E-state index is -3.58. The summed E-state index contributed by atoms with van der Waals surface area (Å²) >= 11 is 0. The van der Waals surface area contributed by atoms with Crippen LogP contribution in [0.1, 0.15) is 41.5 Å². The molecule has 1 heterocycles. The summed E-state index contributed by atoms with van der Waals surface area (Å²) in [6.07, 6.45) is 0. The third-order valence-electron chi connectivity index (χ3n) is 3.27. The Morgan fingerprint density at radius 2 is 1.48 bits per heavy atom. The summed E-state index contributed by atoms with van der Waals surface area (Å²) in [7, 11) is -3.58. The van der Waals surface area contributed by atoms with E-state index in [9.17, 15) is 14.2 Å². The van der Waals surface area contributed by atoms with Gasteiger partial charge in [0.2, 0.25) is 0 Å². The van der Waals surface area contributed by atoms with Gasteiger partial charge in [-0.25, -0.2) is 0 Å². The second-order valence-corrected chi connectivity index (χ2v) is 6.88. The SMILES string of the molecule is CCOP(=O)(OCC)C(C)N1C(=O)c2ccccc2C1=O. The van der Waals surface area contributed by atoms with E-state index < -0.39 is 25.2 Å². The van der Waals surface area contributed by atoms with Gasteiger partial charge in [-0.2, -0.15) is 0 Å². The van der Waals surface area contributed by atoms with E-state index >= 15 is 0 Å². The van der Waals surface area contributed by atoms with Crippen molar-refractivity contribution in [2.24, 2.45) is 0 Å². The van der Waals surface area contributed by atoms with Gasteiger partial charge in [-0.3, -0.25) is 19.1 Å². The molecule has 7 heteroatoms. The number of imide groups is 1. The predicted octanol–water partition coefficient (Wildman–Crippen LogP) is 2.89. The quantitative estimate of drug-likeness (QED) is 0.596. The Morgan fingerprint density at radius 3 is 1.86 bits per heavy atom. The van der Waals surface area contributed by atoms with Crippen LogP contribution in [0.25, 0.3) is 0 Å². The first-order valence-corrected chi connectivity index (χ1v) is 8.43. The standard InChI is InChI=1S/C14H18NO5P/c1-4-19-21(18,20-5-2)10(3)15-13(16)11-8-6-7-9-12(11)14(15)17/h6-10H,4-5H2,1-3H3. The van der Waals surface area contributed by atoms with Crippen LogP contribution >= 0.6 is 7.60 Å². The van der Waals surface area contributed by atoms with Crippen LogP contribution in [-0.2, 0) is 13.6 Å². The van der Waals surface area contributed by atoms with Gasteiger partial charge in [-0.05, 0) is 32.9 Å². The average molecular weight is 311 g/mol. The van der Waals surface area contributed by atoms with Crippen molar-refractivity contribution >= 4 is 19.4 Å². The highest BCUT2D eigenvalue weighted by Gasteiger charge is 2.46. The Balaban J connectivity index is 2.37. The number of hydrogen-bond donors (Lipinski definition) is 0. The van der Waals surface area contributed by atoms with Gasteiger partial charge in [-0.1, -0.05) is 12.1 Å². The summed E-state index contributed by atoms with van der Waals surface area (Å²) in [6.45, 7) is 5.21. The maximum absolute atomic E-state index is 12.8. The molecule has 0 radical (unpaired) electrons. The first-order chi connectivity index (χ1) is 9.96. The molecular formula is C14H18NO5P. The van der Waals surface area contributed by atoms with E-state index in [0.29, 0.717) is 11.1 Å². The minimum Gasteiger partial charge on any atom is -0.307 e. The van der Waals surface area contributed by atoms with Crippen molar-refractivity contribution in [3.8, 4) is 0 Å². The van der Waals surface area contributed by atoms with E-state index in [4.69, 9.17) is 9.05 Å². The molecule has 2 amide bonds. The molecule has 6 nitrogen and oxygen atoms in total. The molecular weight excluding hydrogens is 293 g/mol. The molecule has 0 spiro atoms. The van der Waals surface area contributed by atoms with E-state index in [1.807, 2.05) is 0 Å². The lowest BCUT2D eigenvalue weighted by atomic mass is 10.1. The number of nitrogens with zero attached hydrogens (tertiary/aromatic N) is 1. The van der Waals surface area contributed by atoms with Crippen LogP contribution in [0, 0.1) is 0 Å². The number of rotatable bonds is 6. The lowest BCUT2D eigenvalue weighted by molar-refractivity contribution is 0.0610. The zero-order valence-corrected chi connectivity index (χ0v) is 13.1. The second-order valence-electron chi connectivity index (χ2n) is 4.53. The Kier molecular flexibility index (Phi) is 4.61. The molecule has 21 heavy (non-hydrogen) atoms. The zero-order valence-electron chi connectivity index (χ0n) is 12.2. The smallest absolute Gasteiger partial charge is 0.307 e. The summed E-state index contributed by atoms with van der Waals surface area (Å²) in [4.78, 5) is 25.7. The number of fused-ring (bicyclic) bond motifs is 1. The molecule has 0 saturated heterocycles. The molecule has 0 saturated carbocycles. The maximum atomic E-state index is 12.8. The third kappa shape index (κ3) is 2.67. The van der Waals surface area contributed by atoms with Crippen LogP contribution in [-0.4, -0.2) is 35.7 Å². The largest absolute Gasteiger partial charge is 0.353 e. The highest BCUT2D eigenvalue weighted by atomic mass is 31.2. The maximum Gasteiger partial charge on any atom is 0.353 e. The zero-order chi connectivity index (χ0) is 15.6. The Morgan fingerprint density at radius 1 is 1.05 bits per heavy atom. The third-order valence-corrected chi connectivity index (χ3v) is 5.66. The molecule has 0 bridgehead atoms. The van der Waals surface area contributed by atoms with E-state index in [0.717, 1.165) is 4.90 Å². The van der Waals surface area contributed by atoms with Crippen molar-refractivity contribution in [3.05, 3.63) is 35.4 Å². The topological polar surface area (TPSA) is 72.9 Å². The molecule has 1 atom stereocenters. The molecule has 0 fully saturated rings. The van der Waals surface area contributed by atoms with Gasteiger partial charge in [0, 0.05) is 0 Å². The van der Waals surface area contributed by atoms with Gasteiger partial charge in [0.1, 0.15) is 5.78 Å². The van der Waals surface area contributed by atoms with Crippen LogP contribution in [0.15, 0.2) is 24.3 Å². The number of benzene rings is 1. The first-order valence-electron chi connectivity index (χ1n) is 6.82. The van der Waals surface area contributed by atoms with Gasteiger partial charge >= 0.3 is 7.60 Å². The number of amides is 2. The van der Waals surface area contributed by atoms with Crippen molar-refractivity contribution < 1.29 is 23.2 Å². The minimum absolute atomic E-state index is 0.171. The Bertz CT molecular complexity index is 570. The van der Waals surface area contributed by atoms with Gasteiger partial charge in [0.25, 0.3) is 11.8 Å². The number of carbonyl (C=O) groups excluding carboxylic acids is 2. The molecule has 1 aromatic carbocycles. The van der Waals surface area contributed by atoms with Crippen LogP contribution in [0.4, 0.5) is 0 Å². The van der Waals surface area contributed by atoms with Gasteiger partial charge in [0.15, 0.2) is 0 Å². The number of carbonyl (C=O) groups is 2. The molecule has 1 unspecified atom stereocenters. The fraction of sp³-hybridized carbons (Fsp3) is 0.429. The highest BCUT2D eigenvalue weighted by Crippen LogP contribution is 2.55. The lowest BCUT2D eigenvalue weighted by Crippen LogP contribution is -2.38. The predicted molar refractivity (Wildman–Crippen MR) is 77.3 cm³/mol. The van der Waals surface area contributed by atoms with Crippen molar-refractivity contribution in [3.63, 3.8) is 0 Å². The molecule has 2 rings (SSSR count). The van der Waals surface area contributed by atoms with E-state index in [-0.39, 0.29) is 13.2 Å². The van der Waals surface area contributed by atoms with Crippen LogP contribution < -0.4 is 0 Å². The van der Waals surface area contributed by atoms with Gasteiger partial charge in [0.05, 0.1) is 24.3 Å². The Labute approximate surface area is 123 Å². The van der Waals surface area contributed by atoms with Gasteiger partial charge < -0.3 is 9.05 Å². The van der Waals surface area contributed by atoms with Gasteiger partial charge in [-0.15, -0.1) is 0 Å². The molecule has 0 aliphatic carbocycles. The molecule has 1 aromatic rings. The molecule has 1 aliphatic heterocycles. The van der Waals surface area contributed by atoms with Crippen LogP contribution in [0.3, 0.4) is 0 Å². The fourth-order valence-corrected chi connectivity index (χ4v) is 4.02. The monoisotopic (exact) mass is 311 g/mol. The first kappa shape index (κ1) is 15.9. The van der Waals surface area contributed by atoms with E-state index in [1.54, 1.807) is 38.1 Å². The summed E-state index contributed by atoms with van der Waals surface area (Å²) < 4.78 is 23.2. The van der Waals surface area contributed by atoms with Crippen molar-refractivity contribution in [1.82, 2.24) is 4.90 Å². The summed E-state index contributed by atoms with van der Waals surface area (Å²) in [5, 5.41) is 0. The van der Waals surface area contributed by atoms with E-state index in [2.05, 4.69) is 0 Å². The molecule has 0 aromatic heterocycles. The molecule has 114 valence electrons. The summed E-state index contributed by atoms with van der Waals surface area (Å²) in [5.41, 5.74) is 0.628. The normalized spacial score (nSPS) is 16.2. The Hall–Kier alpha value is -1.49. The summed E-state index contributed by atoms with van der Waals surface area (Å²) in [5.74, 6) is -1.91. The highest BCUT2D eigenvalue weighted by molar-refractivity contribution is 7.54. The van der Waals surface area contributed by atoms with Crippen molar-refractivity contribution in [1.29, 1.82) is 0 Å². The average Bonchev–Trinajstić information content (AvgIpc) is 2.71. The number of hydrogen-bond acceptors (Lipinski definition) is 5. The van der Waals surface area contributed by atoms with Crippen molar-refractivity contribution in [2.45, 2.75) is 26.6 Å². The van der Waals surface area contributed by atoms with Crippen LogP contribution in [0.2, 0.25) is 0 Å². The fourth-order valence-electron chi connectivity index (χ4n) is 2.30. The lowest BCUT2D eigenvalue weighted by Gasteiger charge is -2.29. The van der Waals surface area contributed by atoms with E-state index in [1.165, 1.54) is 6.92 Å². The van der Waals surface area contributed by atoms with Crippen molar-refractivity contribution in [2.75, 3.05) is 13.2 Å². The second kappa shape index (κ2) is 6.10. The molecule has 1 aliphatic rings.